The lowest BCUT2D eigenvalue weighted by Gasteiger charge is -2.23. The van der Waals surface area contributed by atoms with Gasteiger partial charge in [-0.05, 0) is 48.6 Å². The van der Waals surface area contributed by atoms with E-state index in [-0.39, 0.29) is 16.1 Å². The van der Waals surface area contributed by atoms with E-state index in [1.165, 1.54) is 37.9 Å². The van der Waals surface area contributed by atoms with E-state index in [4.69, 9.17) is 5.73 Å². The van der Waals surface area contributed by atoms with E-state index < -0.39 is 15.9 Å². The van der Waals surface area contributed by atoms with Crippen LogP contribution in [0.25, 0.3) is 0 Å². The van der Waals surface area contributed by atoms with Gasteiger partial charge in [0, 0.05) is 7.05 Å². The van der Waals surface area contributed by atoms with Crippen LogP contribution in [0.4, 0.5) is 5.69 Å². The van der Waals surface area contributed by atoms with Crippen molar-refractivity contribution in [1.82, 2.24) is 0 Å². The molecule has 1 saturated carbocycles. The third-order valence-electron chi connectivity index (χ3n) is 5.12. The predicted octanol–water partition coefficient (Wildman–Crippen LogP) is 3.66. The molecule has 5 nitrogen and oxygen atoms in total. The minimum Gasteiger partial charge on any atom is -0.366 e. The Morgan fingerprint density at radius 2 is 1.62 bits per heavy atom. The van der Waals surface area contributed by atoms with Crippen LogP contribution in [0.3, 0.4) is 0 Å². The van der Waals surface area contributed by atoms with Gasteiger partial charge in [0.25, 0.3) is 15.9 Å². The van der Waals surface area contributed by atoms with Crippen LogP contribution in [0.2, 0.25) is 0 Å². The second-order valence-electron chi connectivity index (χ2n) is 6.76. The summed E-state index contributed by atoms with van der Waals surface area (Å²) in [6, 6.07) is 13.6. The van der Waals surface area contributed by atoms with E-state index in [1.807, 2.05) is 12.1 Å². The maximum Gasteiger partial charge on any atom is 0.264 e. The number of hydrogen-bond acceptors (Lipinski definition) is 3. The van der Waals surface area contributed by atoms with Crippen LogP contribution in [0.1, 0.15) is 53.9 Å². The Morgan fingerprint density at radius 1 is 1.00 bits per heavy atom. The van der Waals surface area contributed by atoms with Crippen LogP contribution < -0.4 is 10.0 Å². The van der Waals surface area contributed by atoms with E-state index in [1.54, 1.807) is 30.3 Å². The highest BCUT2D eigenvalue weighted by Crippen LogP contribution is 2.33. The van der Waals surface area contributed by atoms with Gasteiger partial charge in [0.1, 0.15) is 0 Å². The minimum absolute atomic E-state index is 0.178. The number of rotatable bonds is 5. The first-order valence-corrected chi connectivity index (χ1v) is 10.3. The average molecular weight is 372 g/mol. The Labute approximate surface area is 154 Å². The summed E-state index contributed by atoms with van der Waals surface area (Å²) in [5.74, 6) is -0.135. The molecular formula is C20H24N2O3S. The van der Waals surface area contributed by atoms with Gasteiger partial charge in [-0.1, -0.05) is 43.5 Å². The summed E-state index contributed by atoms with van der Waals surface area (Å²) in [5, 5.41) is 0. The SMILES string of the molecule is CN(c1ccccc1C(N)=O)S(=O)(=O)c1ccc(C2CCCCC2)cc1. The third-order valence-corrected chi connectivity index (χ3v) is 6.91. The first-order chi connectivity index (χ1) is 12.4. The maximum absolute atomic E-state index is 13.0. The molecule has 2 N–H and O–H groups in total. The molecule has 0 heterocycles. The van der Waals surface area contributed by atoms with Crippen molar-refractivity contribution in [3.8, 4) is 0 Å². The lowest BCUT2D eigenvalue weighted by atomic mass is 9.84. The summed E-state index contributed by atoms with van der Waals surface area (Å²) < 4.78 is 27.1. The molecule has 1 amide bonds. The Bertz CT molecular complexity index is 886. The number of benzene rings is 2. The first-order valence-electron chi connectivity index (χ1n) is 8.89. The zero-order valence-corrected chi connectivity index (χ0v) is 15.7. The molecule has 0 radical (unpaired) electrons. The smallest absolute Gasteiger partial charge is 0.264 e. The number of para-hydroxylation sites is 1. The molecular weight excluding hydrogens is 348 g/mol. The van der Waals surface area contributed by atoms with E-state index in [2.05, 4.69) is 0 Å². The largest absolute Gasteiger partial charge is 0.366 e. The average Bonchev–Trinajstić information content (AvgIpc) is 2.68. The van der Waals surface area contributed by atoms with Crippen LogP contribution in [0.15, 0.2) is 53.4 Å². The van der Waals surface area contributed by atoms with Gasteiger partial charge in [-0.15, -0.1) is 0 Å². The minimum atomic E-state index is -3.77. The van der Waals surface area contributed by atoms with Crippen molar-refractivity contribution < 1.29 is 13.2 Å². The van der Waals surface area contributed by atoms with Crippen molar-refractivity contribution in [3.05, 3.63) is 59.7 Å². The second kappa shape index (κ2) is 7.50. The summed E-state index contributed by atoms with van der Waals surface area (Å²) in [6.07, 6.45) is 6.08. The molecule has 138 valence electrons. The van der Waals surface area contributed by atoms with Gasteiger partial charge < -0.3 is 5.73 Å². The summed E-state index contributed by atoms with van der Waals surface area (Å²) in [6.45, 7) is 0. The Balaban J connectivity index is 1.89. The van der Waals surface area contributed by atoms with E-state index in [0.717, 1.165) is 17.1 Å². The number of carbonyl (C=O) groups is 1. The quantitative estimate of drug-likeness (QED) is 0.870. The molecule has 0 aliphatic heterocycles. The fraction of sp³-hybridized carbons (Fsp3) is 0.350. The lowest BCUT2D eigenvalue weighted by molar-refractivity contribution is 0.100. The van der Waals surface area contributed by atoms with E-state index >= 15 is 0 Å². The summed E-state index contributed by atoms with van der Waals surface area (Å²) in [4.78, 5) is 11.8. The highest BCUT2D eigenvalue weighted by Gasteiger charge is 2.25. The molecule has 0 spiro atoms. The fourth-order valence-corrected chi connectivity index (χ4v) is 4.81. The van der Waals surface area contributed by atoms with Crippen LogP contribution in [0.5, 0.6) is 0 Å². The highest BCUT2D eigenvalue weighted by molar-refractivity contribution is 7.92. The van der Waals surface area contributed by atoms with Crippen molar-refractivity contribution in [2.75, 3.05) is 11.4 Å². The van der Waals surface area contributed by atoms with Crippen LogP contribution in [0, 0.1) is 0 Å². The van der Waals surface area contributed by atoms with Gasteiger partial charge in [-0.2, -0.15) is 0 Å². The monoisotopic (exact) mass is 372 g/mol. The summed E-state index contributed by atoms with van der Waals surface area (Å²) in [7, 11) is -2.33. The molecule has 0 aromatic heterocycles. The number of nitrogens with zero attached hydrogens (tertiary/aromatic N) is 1. The van der Waals surface area contributed by atoms with E-state index in [0.29, 0.717) is 5.92 Å². The molecule has 1 aliphatic rings. The van der Waals surface area contributed by atoms with Crippen molar-refractivity contribution in [2.45, 2.75) is 42.9 Å². The third kappa shape index (κ3) is 3.60. The van der Waals surface area contributed by atoms with Crippen LogP contribution >= 0.6 is 0 Å². The second-order valence-corrected chi connectivity index (χ2v) is 8.73. The molecule has 2 aromatic rings. The number of amides is 1. The summed E-state index contributed by atoms with van der Waals surface area (Å²) in [5.41, 5.74) is 7.03. The van der Waals surface area contributed by atoms with Crippen LogP contribution in [-0.4, -0.2) is 21.4 Å². The molecule has 1 aliphatic carbocycles. The maximum atomic E-state index is 13.0. The molecule has 1 fully saturated rings. The predicted molar refractivity (Wildman–Crippen MR) is 103 cm³/mol. The van der Waals surface area contributed by atoms with Gasteiger partial charge in [-0.25, -0.2) is 8.42 Å². The van der Waals surface area contributed by atoms with Crippen molar-refractivity contribution in [1.29, 1.82) is 0 Å². The topological polar surface area (TPSA) is 80.5 Å². The number of primary amides is 1. The van der Waals surface area contributed by atoms with Gasteiger partial charge in [0.15, 0.2) is 0 Å². The Kier molecular flexibility index (Phi) is 5.32. The molecule has 26 heavy (non-hydrogen) atoms. The summed E-state index contributed by atoms with van der Waals surface area (Å²) >= 11 is 0. The molecule has 0 bridgehead atoms. The molecule has 3 rings (SSSR count). The standard InChI is InChI=1S/C20H24N2O3S/c1-22(19-10-6-5-9-18(19)20(21)23)26(24,25)17-13-11-16(12-14-17)15-7-3-2-4-8-15/h5-6,9-15H,2-4,7-8H2,1H3,(H2,21,23). The Hall–Kier alpha value is -2.34. The molecule has 0 unspecified atom stereocenters. The zero-order chi connectivity index (χ0) is 18.7. The van der Waals surface area contributed by atoms with E-state index in [9.17, 15) is 13.2 Å². The fourth-order valence-electron chi connectivity index (χ4n) is 3.59. The number of sulfonamides is 1. The highest BCUT2D eigenvalue weighted by atomic mass is 32.2. The van der Waals surface area contributed by atoms with Crippen LogP contribution in [-0.2, 0) is 10.0 Å². The normalized spacial score (nSPS) is 15.6. The lowest BCUT2D eigenvalue weighted by Crippen LogP contribution is -2.29. The zero-order valence-electron chi connectivity index (χ0n) is 14.9. The van der Waals surface area contributed by atoms with Gasteiger partial charge in [-0.3, -0.25) is 9.10 Å². The molecule has 6 heteroatoms. The van der Waals surface area contributed by atoms with Crippen molar-refractivity contribution in [2.24, 2.45) is 5.73 Å². The number of anilines is 1. The van der Waals surface area contributed by atoms with Gasteiger partial charge in [0.2, 0.25) is 0 Å². The molecule has 0 saturated heterocycles. The van der Waals surface area contributed by atoms with Crippen molar-refractivity contribution >= 4 is 21.6 Å². The molecule has 2 aromatic carbocycles. The number of nitrogens with two attached hydrogens (primary N) is 1. The van der Waals surface area contributed by atoms with Crippen molar-refractivity contribution in [3.63, 3.8) is 0 Å². The Morgan fingerprint density at radius 3 is 2.23 bits per heavy atom. The first kappa shape index (κ1) is 18.5. The number of hydrogen-bond donors (Lipinski definition) is 1. The number of carbonyl (C=O) groups excluding carboxylic acids is 1. The molecule has 0 atom stereocenters. The van der Waals surface area contributed by atoms with Gasteiger partial charge in [0.05, 0.1) is 16.1 Å². The van der Waals surface area contributed by atoms with Gasteiger partial charge >= 0.3 is 0 Å².